The van der Waals surface area contributed by atoms with Gasteiger partial charge in [-0.25, -0.2) is 13.5 Å². The highest BCUT2D eigenvalue weighted by Crippen LogP contribution is 2.35. The molecule has 2 aliphatic rings. The fraction of sp³-hybridized carbons (Fsp3) is 0.455. The summed E-state index contributed by atoms with van der Waals surface area (Å²) in [6, 6.07) is 7.53. The number of fused-ring (bicyclic) bond motifs is 1. The van der Waals surface area contributed by atoms with E-state index in [4.69, 9.17) is 0 Å². The molecule has 1 N–H and O–H groups in total. The third kappa shape index (κ3) is 4.25. The summed E-state index contributed by atoms with van der Waals surface area (Å²) < 4.78 is 53.6. The van der Waals surface area contributed by atoms with Crippen LogP contribution in [0.3, 0.4) is 0 Å². The number of carboxylic acids is 1. The van der Waals surface area contributed by atoms with Crippen LogP contribution in [0.1, 0.15) is 42.9 Å². The summed E-state index contributed by atoms with van der Waals surface area (Å²) in [5.74, 6) is -0.987. The van der Waals surface area contributed by atoms with Crippen molar-refractivity contribution in [1.29, 1.82) is 0 Å². The maximum Gasteiger partial charge on any atom is 0.417 e. The maximum absolute atomic E-state index is 13.3. The second kappa shape index (κ2) is 8.47. The van der Waals surface area contributed by atoms with Gasteiger partial charge in [-0.05, 0) is 62.1 Å². The molecule has 2 heterocycles. The van der Waals surface area contributed by atoms with E-state index in [0.717, 1.165) is 23.4 Å². The van der Waals surface area contributed by atoms with E-state index in [9.17, 15) is 27.3 Å². The normalized spacial score (nSPS) is 24.9. The number of alkyl halides is 3. The van der Waals surface area contributed by atoms with Crippen molar-refractivity contribution in [1.82, 2.24) is 9.29 Å². The van der Waals surface area contributed by atoms with E-state index in [-0.39, 0.29) is 12.1 Å². The summed E-state index contributed by atoms with van der Waals surface area (Å²) in [5, 5.41) is 9.45. The first-order valence-corrected chi connectivity index (χ1v) is 11.5. The van der Waals surface area contributed by atoms with Crippen LogP contribution < -0.4 is 4.90 Å². The standard InChI is InChI=1S/C22H24F3N3O3S/c1-13-11-27(12-14(2)28(13)20-8-5-16(10-26-20)22(23,24)25)32(31)17-6-3-15-4-7-18(21(29)30)19(15)9-17/h3,5-6,8-10,13-14,18H,4,7,11-12H2,1-2H3,(H,29,30). The summed E-state index contributed by atoms with van der Waals surface area (Å²) in [6.07, 6.45) is -2.35. The average Bonchev–Trinajstić information content (AvgIpc) is 3.16. The van der Waals surface area contributed by atoms with Gasteiger partial charge in [0.2, 0.25) is 0 Å². The van der Waals surface area contributed by atoms with Gasteiger partial charge in [-0.2, -0.15) is 13.2 Å². The van der Waals surface area contributed by atoms with Gasteiger partial charge in [0.1, 0.15) is 16.8 Å². The molecule has 32 heavy (non-hydrogen) atoms. The van der Waals surface area contributed by atoms with Crippen molar-refractivity contribution < 1.29 is 27.3 Å². The van der Waals surface area contributed by atoms with E-state index >= 15 is 0 Å². The Balaban J connectivity index is 1.51. The number of piperazine rings is 1. The van der Waals surface area contributed by atoms with E-state index in [2.05, 4.69) is 4.98 Å². The quantitative estimate of drug-likeness (QED) is 0.740. The molecule has 1 aromatic heterocycles. The van der Waals surface area contributed by atoms with Gasteiger partial charge >= 0.3 is 12.1 Å². The van der Waals surface area contributed by atoms with Crippen molar-refractivity contribution in [2.45, 2.75) is 55.8 Å². The average molecular weight is 468 g/mol. The Kier molecular flexibility index (Phi) is 6.02. The molecule has 4 atom stereocenters. The molecule has 1 aliphatic carbocycles. The molecule has 1 fully saturated rings. The largest absolute Gasteiger partial charge is 0.481 e. The van der Waals surface area contributed by atoms with Crippen LogP contribution in [0.4, 0.5) is 19.0 Å². The number of aryl methyl sites for hydroxylation is 1. The molecular weight excluding hydrogens is 443 g/mol. The van der Waals surface area contributed by atoms with Crippen LogP contribution in [0, 0.1) is 0 Å². The number of anilines is 1. The molecule has 0 saturated carbocycles. The summed E-state index contributed by atoms with van der Waals surface area (Å²) >= 11 is 0. The van der Waals surface area contributed by atoms with Crippen molar-refractivity contribution >= 4 is 22.8 Å². The number of halogens is 3. The van der Waals surface area contributed by atoms with Gasteiger partial charge in [0, 0.05) is 31.4 Å². The van der Waals surface area contributed by atoms with Crippen LogP contribution in [0.5, 0.6) is 0 Å². The number of carboxylic acid groups (broad SMARTS) is 1. The Morgan fingerprint density at radius 1 is 1.16 bits per heavy atom. The minimum Gasteiger partial charge on any atom is -0.481 e. The second-order valence-electron chi connectivity index (χ2n) is 8.39. The molecule has 0 radical (unpaired) electrons. The highest BCUT2D eigenvalue weighted by Gasteiger charge is 2.36. The molecule has 10 heteroatoms. The molecule has 1 aromatic carbocycles. The molecule has 0 bridgehead atoms. The number of aromatic nitrogens is 1. The number of pyridine rings is 1. The van der Waals surface area contributed by atoms with Gasteiger partial charge in [0.05, 0.1) is 16.4 Å². The van der Waals surface area contributed by atoms with Crippen molar-refractivity contribution in [3.05, 3.63) is 53.2 Å². The highest BCUT2D eigenvalue weighted by molar-refractivity contribution is 7.82. The number of nitrogens with zero attached hydrogens (tertiary/aromatic N) is 3. The Morgan fingerprint density at radius 3 is 2.41 bits per heavy atom. The molecule has 0 spiro atoms. The SMILES string of the molecule is CC1CN(S(=O)c2ccc3c(c2)C(C(=O)O)CC3)CC(C)N1c1ccc(C(F)(F)F)cn1. The minimum atomic E-state index is -4.44. The molecular formula is C22H24F3N3O3S. The highest BCUT2D eigenvalue weighted by atomic mass is 32.2. The number of rotatable bonds is 4. The lowest BCUT2D eigenvalue weighted by Gasteiger charge is -2.44. The van der Waals surface area contributed by atoms with Gasteiger partial charge in [0.15, 0.2) is 0 Å². The van der Waals surface area contributed by atoms with Crippen LogP contribution in [0.2, 0.25) is 0 Å². The number of hydrogen-bond donors (Lipinski definition) is 1. The molecule has 0 amide bonds. The molecule has 1 aliphatic heterocycles. The zero-order valence-corrected chi connectivity index (χ0v) is 18.5. The van der Waals surface area contributed by atoms with Crippen LogP contribution >= 0.6 is 0 Å². The lowest BCUT2D eigenvalue weighted by Crippen LogP contribution is -2.57. The lowest BCUT2D eigenvalue weighted by atomic mass is 10.0. The molecule has 172 valence electrons. The Bertz CT molecular complexity index is 1030. The van der Waals surface area contributed by atoms with Crippen LogP contribution in [0.15, 0.2) is 41.4 Å². The molecule has 1 saturated heterocycles. The van der Waals surface area contributed by atoms with E-state index in [1.54, 1.807) is 12.1 Å². The predicted octanol–water partition coefficient (Wildman–Crippen LogP) is 3.84. The number of hydrogen-bond acceptors (Lipinski definition) is 4. The molecule has 4 unspecified atom stereocenters. The van der Waals surface area contributed by atoms with Crippen LogP contribution in [0.25, 0.3) is 0 Å². The maximum atomic E-state index is 13.3. The van der Waals surface area contributed by atoms with E-state index in [1.807, 2.05) is 29.1 Å². The van der Waals surface area contributed by atoms with Crippen LogP contribution in [-0.2, 0) is 28.4 Å². The van der Waals surface area contributed by atoms with E-state index in [0.29, 0.717) is 36.6 Å². The molecule has 2 aromatic rings. The summed E-state index contributed by atoms with van der Waals surface area (Å²) in [7, 11) is -1.47. The predicted molar refractivity (Wildman–Crippen MR) is 114 cm³/mol. The van der Waals surface area contributed by atoms with Crippen molar-refractivity contribution in [3.8, 4) is 0 Å². The van der Waals surface area contributed by atoms with Crippen molar-refractivity contribution in [2.75, 3.05) is 18.0 Å². The van der Waals surface area contributed by atoms with Gasteiger partial charge < -0.3 is 10.0 Å². The summed E-state index contributed by atoms with van der Waals surface area (Å²) in [4.78, 5) is 18.0. The molecule has 6 nitrogen and oxygen atoms in total. The Morgan fingerprint density at radius 2 is 1.84 bits per heavy atom. The lowest BCUT2D eigenvalue weighted by molar-refractivity contribution is -0.139. The zero-order chi connectivity index (χ0) is 23.2. The van der Waals surface area contributed by atoms with Gasteiger partial charge in [-0.1, -0.05) is 6.07 Å². The van der Waals surface area contributed by atoms with E-state index in [1.165, 1.54) is 6.07 Å². The number of benzene rings is 1. The zero-order valence-electron chi connectivity index (χ0n) is 17.7. The smallest absolute Gasteiger partial charge is 0.417 e. The minimum absolute atomic E-state index is 0.131. The fourth-order valence-electron chi connectivity index (χ4n) is 4.66. The monoisotopic (exact) mass is 467 g/mol. The fourth-order valence-corrected chi connectivity index (χ4v) is 6.08. The second-order valence-corrected chi connectivity index (χ2v) is 9.88. The van der Waals surface area contributed by atoms with E-state index < -0.39 is 34.6 Å². The van der Waals surface area contributed by atoms with Crippen molar-refractivity contribution in [3.63, 3.8) is 0 Å². The first-order valence-electron chi connectivity index (χ1n) is 10.4. The van der Waals surface area contributed by atoms with Crippen LogP contribution in [-0.4, -0.2) is 49.7 Å². The number of carbonyl (C=O) groups is 1. The first kappa shape index (κ1) is 22.7. The van der Waals surface area contributed by atoms with Gasteiger partial charge in [0.25, 0.3) is 0 Å². The summed E-state index contributed by atoms with van der Waals surface area (Å²) in [5.41, 5.74) is 0.924. The van der Waals surface area contributed by atoms with Crippen molar-refractivity contribution in [2.24, 2.45) is 0 Å². The Labute approximate surface area is 186 Å². The third-order valence-electron chi connectivity index (χ3n) is 6.15. The molecule has 4 rings (SSSR count). The van der Waals surface area contributed by atoms with Gasteiger partial charge in [-0.3, -0.25) is 4.79 Å². The number of aliphatic carboxylic acids is 1. The van der Waals surface area contributed by atoms with Gasteiger partial charge in [-0.15, -0.1) is 0 Å². The Hall–Kier alpha value is -2.46. The topological polar surface area (TPSA) is 73.7 Å². The first-order chi connectivity index (χ1) is 15.1. The third-order valence-corrected chi connectivity index (χ3v) is 7.58. The summed E-state index contributed by atoms with van der Waals surface area (Å²) in [6.45, 7) is 4.70.